The number of aliphatic hydroxyl groups is 1. The average molecular weight is 501 g/mol. The molecule has 0 bridgehead atoms. The monoisotopic (exact) mass is 500 g/mol. The van der Waals surface area contributed by atoms with Crippen molar-refractivity contribution >= 4 is 11.6 Å². The van der Waals surface area contributed by atoms with E-state index in [1.54, 1.807) is 6.33 Å². The Labute approximate surface area is 214 Å². The maximum Gasteiger partial charge on any atom is 0.161 e. The van der Waals surface area contributed by atoms with Crippen LogP contribution in [0.1, 0.15) is 25.3 Å². The van der Waals surface area contributed by atoms with Gasteiger partial charge in [-0.2, -0.15) is 0 Å². The van der Waals surface area contributed by atoms with Crippen molar-refractivity contribution in [3.8, 4) is 11.5 Å². The van der Waals surface area contributed by atoms with Crippen LogP contribution >= 0.6 is 0 Å². The van der Waals surface area contributed by atoms with E-state index < -0.39 is 5.60 Å². The minimum atomic E-state index is -0.825. The summed E-state index contributed by atoms with van der Waals surface area (Å²) in [6, 6.07) is 7.97. The van der Waals surface area contributed by atoms with Gasteiger partial charge in [0, 0.05) is 58.9 Å². The fourth-order valence-electron chi connectivity index (χ4n) is 4.71. The van der Waals surface area contributed by atoms with Gasteiger partial charge in [-0.05, 0) is 37.5 Å². The third kappa shape index (κ3) is 7.42. The number of hydrogen-bond donors (Lipinski definition) is 3. The average Bonchev–Trinajstić information content (AvgIpc) is 2.90. The number of morpholine rings is 1. The molecule has 4 rings (SSSR count). The number of aromatic nitrogens is 2. The second kappa shape index (κ2) is 13.0. The first-order chi connectivity index (χ1) is 17.6. The fraction of sp³-hybridized carbons (Fsp3) is 0.615. The van der Waals surface area contributed by atoms with Crippen molar-refractivity contribution in [1.29, 1.82) is 0 Å². The molecule has 10 heteroatoms. The van der Waals surface area contributed by atoms with Gasteiger partial charge in [0.2, 0.25) is 0 Å². The molecule has 2 fully saturated rings. The summed E-state index contributed by atoms with van der Waals surface area (Å²) < 4.78 is 17.3. The first-order valence-corrected chi connectivity index (χ1v) is 12.9. The van der Waals surface area contributed by atoms with E-state index in [0.717, 1.165) is 80.9 Å². The molecular formula is C26H40N6O4. The zero-order valence-corrected chi connectivity index (χ0v) is 21.5. The lowest BCUT2D eigenvalue weighted by Gasteiger charge is -2.40. The number of nitrogens with zero attached hydrogens (tertiary/aromatic N) is 4. The molecule has 2 aliphatic heterocycles. The highest BCUT2D eigenvalue weighted by Gasteiger charge is 2.33. The molecule has 0 spiro atoms. The van der Waals surface area contributed by atoms with Crippen LogP contribution in [-0.4, -0.2) is 98.3 Å². The van der Waals surface area contributed by atoms with Gasteiger partial charge in [0.05, 0.1) is 25.4 Å². The molecule has 0 radical (unpaired) electrons. The number of hydrogen-bond acceptors (Lipinski definition) is 10. The number of ether oxygens (including phenoxy) is 3. The minimum Gasteiger partial charge on any atom is -0.490 e. The van der Waals surface area contributed by atoms with Crippen molar-refractivity contribution in [2.24, 2.45) is 0 Å². The smallest absolute Gasteiger partial charge is 0.161 e. The fourth-order valence-corrected chi connectivity index (χ4v) is 4.71. The van der Waals surface area contributed by atoms with E-state index in [1.165, 1.54) is 0 Å². The number of benzene rings is 1. The number of anilines is 2. The van der Waals surface area contributed by atoms with E-state index in [0.29, 0.717) is 32.8 Å². The van der Waals surface area contributed by atoms with Crippen molar-refractivity contribution in [3.63, 3.8) is 0 Å². The molecule has 0 aliphatic carbocycles. The van der Waals surface area contributed by atoms with Crippen molar-refractivity contribution in [2.75, 3.05) is 83.0 Å². The summed E-state index contributed by atoms with van der Waals surface area (Å²) in [6.07, 6.45) is 3.21. The molecule has 198 valence electrons. The molecule has 2 aliphatic rings. The predicted molar refractivity (Wildman–Crippen MR) is 140 cm³/mol. The van der Waals surface area contributed by atoms with Crippen LogP contribution in [0, 0.1) is 0 Å². The Morgan fingerprint density at radius 1 is 1.11 bits per heavy atom. The van der Waals surface area contributed by atoms with Gasteiger partial charge in [0.25, 0.3) is 0 Å². The molecule has 3 N–H and O–H groups in total. The summed E-state index contributed by atoms with van der Waals surface area (Å²) in [4.78, 5) is 13.1. The summed E-state index contributed by atoms with van der Waals surface area (Å²) in [6.45, 7) is 10.0. The molecule has 1 aromatic carbocycles. The van der Waals surface area contributed by atoms with Gasteiger partial charge in [0.15, 0.2) is 11.5 Å². The van der Waals surface area contributed by atoms with Gasteiger partial charge in [-0.25, -0.2) is 9.97 Å². The van der Waals surface area contributed by atoms with Crippen LogP contribution in [0.4, 0.5) is 11.6 Å². The molecular weight excluding hydrogens is 460 g/mol. The second-order valence-electron chi connectivity index (χ2n) is 9.38. The number of rotatable bonds is 12. The van der Waals surface area contributed by atoms with E-state index in [9.17, 15) is 5.11 Å². The van der Waals surface area contributed by atoms with E-state index in [-0.39, 0.29) is 0 Å². The first kappa shape index (κ1) is 26.4. The van der Waals surface area contributed by atoms with Crippen molar-refractivity contribution < 1.29 is 19.3 Å². The Balaban J connectivity index is 1.28. The SMILES string of the molecule is CCOc1cc(CNCC2(O)CCCN(c3cc(NC)ncn3)C2)ccc1OCCN1CCOCC1. The highest BCUT2D eigenvalue weighted by molar-refractivity contribution is 5.48. The van der Waals surface area contributed by atoms with Crippen LogP contribution in [-0.2, 0) is 11.3 Å². The van der Waals surface area contributed by atoms with E-state index in [1.807, 2.05) is 32.2 Å². The summed E-state index contributed by atoms with van der Waals surface area (Å²) in [5.41, 5.74) is 0.263. The summed E-state index contributed by atoms with van der Waals surface area (Å²) in [7, 11) is 1.84. The third-order valence-electron chi connectivity index (χ3n) is 6.65. The number of piperidine rings is 1. The molecule has 36 heavy (non-hydrogen) atoms. The molecule has 2 saturated heterocycles. The van der Waals surface area contributed by atoms with Crippen molar-refractivity contribution in [3.05, 3.63) is 36.2 Å². The molecule has 1 unspecified atom stereocenters. The zero-order chi connectivity index (χ0) is 25.2. The van der Waals surface area contributed by atoms with Gasteiger partial charge >= 0.3 is 0 Å². The lowest BCUT2D eigenvalue weighted by atomic mass is 9.92. The van der Waals surface area contributed by atoms with Gasteiger partial charge in [-0.15, -0.1) is 0 Å². The maximum absolute atomic E-state index is 11.3. The van der Waals surface area contributed by atoms with E-state index in [4.69, 9.17) is 14.2 Å². The van der Waals surface area contributed by atoms with E-state index >= 15 is 0 Å². The molecule has 0 amide bonds. The number of β-amino-alcohol motifs (C(OH)–C–C–N with tert-alkyl or cyclic N) is 1. The summed E-state index contributed by atoms with van der Waals surface area (Å²) >= 11 is 0. The summed E-state index contributed by atoms with van der Waals surface area (Å²) in [5, 5.41) is 17.8. The highest BCUT2D eigenvalue weighted by Crippen LogP contribution is 2.29. The molecule has 1 atom stereocenters. The third-order valence-corrected chi connectivity index (χ3v) is 6.65. The van der Waals surface area contributed by atoms with Crippen LogP contribution in [0.15, 0.2) is 30.6 Å². The van der Waals surface area contributed by atoms with Crippen LogP contribution < -0.4 is 25.0 Å². The van der Waals surface area contributed by atoms with E-state index in [2.05, 4.69) is 36.5 Å². The van der Waals surface area contributed by atoms with Gasteiger partial charge in [-0.3, -0.25) is 4.90 Å². The normalized spacial score (nSPS) is 20.8. The second-order valence-corrected chi connectivity index (χ2v) is 9.38. The predicted octanol–water partition coefficient (Wildman–Crippen LogP) is 1.75. The van der Waals surface area contributed by atoms with Crippen molar-refractivity contribution in [1.82, 2.24) is 20.2 Å². The first-order valence-electron chi connectivity index (χ1n) is 12.9. The lowest BCUT2D eigenvalue weighted by Crippen LogP contribution is -2.53. The van der Waals surface area contributed by atoms with Gasteiger partial charge in [0.1, 0.15) is 24.6 Å². The molecule has 1 aromatic heterocycles. The molecule has 2 aromatic rings. The molecule has 3 heterocycles. The Morgan fingerprint density at radius 3 is 2.78 bits per heavy atom. The Kier molecular flexibility index (Phi) is 9.57. The molecule has 10 nitrogen and oxygen atoms in total. The zero-order valence-electron chi connectivity index (χ0n) is 21.5. The van der Waals surface area contributed by atoms with Gasteiger partial charge < -0.3 is 34.9 Å². The minimum absolute atomic E-state index is 0.495. The van der Waals surface area contributed by atoms with Crippen LogP contribution in [0.25, 0.3) is 0 Å². The van der Waals surface area contributed by atoms with Gasteiger partial charge in [-0.1, -0.05) is 6.07 Å². The number of nitrogens with one attached hydrogen (secondary N) is 2. The summed E-state index contributed by atoms with van der Waals surface area (Å²) in [5.74, 6) is 3.12. The standard InChI is InChI=1S/C26H40N6O4/c1-3-35-23-15-21(5-6-22(23)36-14-11-31-9-12-34-13-10-31)17-28-18-26(33)7-4-8-32(19-26)25-16-24(27-2)29-20-30-25/h5-6,15-16,20,28,33H,3-4,7-14,17-19H2,1-2H3,(H,27,29,30). The van der Waals surface area contributed by atoms with Crippen molar-refractivity contribution in [2.45, 2.75) is 31.9 Å². The maximum atomic E-state index is 11.3. The van der Waals surface area contributed by atoms with Crippen LogP contribution in [0.3, 0.4) is 0 Å². The highest BCUT2D eigenvalue weighted by atomic mass is 16.5. The van der Waals surface area contributed by atoms with Crippen LogP contribution in [0.5, 0.6) is 11.5 Å². The largest absolute Gasteiger partial charge is 0.490 e. The Hall–Kier alpha value is -2.66. The quantitative estimate of drug-likeness (QED) is 0.399. The lowest BCUT2D eigenvalue weighted by molar-refractivity contribution is 0.0258. The Morgan fingerprint density at radius 2 is 1.97 bits per heavy atom. The topological polar surface area (TPSA) is 104 Å². The van der Waals surface area contributed by atoms with Crippen LogP contribution in [0.2, 0.25) is 0 Å². The Bertz CT molecular complexity index is 958. The molecule has 0 saturated carbocycles.